The molecule has 114 valence electrons. The Morgan fingerprint density at radius 1 is 1.15 bits per heavy atom. The van der Waals surface area contributed by atoms with Crippen molar-refractivity contribution in [3.05, 3.63) is 35.4 Å². The van der Waals surface area contributed by atoms with Crippen LogP contribution in [-0.2, 0) is 9.47 Å². The van der Waals surface area contributed by atoms with Crippen LogP contribution in [0.5, 0.6) is 0 Å². The molecule has 4 nitrogen and oxygen atoms in total. The van der Waals surface area contributed by atoms with E-state index in [0.29, 0.717) is 26.3 Å². The molecule has 1 aromatic rings. The second kappa shape index (κ2) is 8.97. The molecule has 0 aliphatic heterocycles. The minimum Gasteiger partial charge on any atom is -0.383 e. The van der Waals surface area contributed by atoms with Crippen molar-refractivity contribution in [2.45, 2.75) is 6.04 Å². The standard InChI is InChI=1S/C14H22F2N2O2/c1-19-7-5-18(6-8-20-2)14(10-17)12-9-11(15)3-4-13(12)16/h3-4,9,14H,5-8,10,17H2,1-2H3. The minimum atomic E-state index is -0.474. The molecular weight excluding hydrogens is 266 g/mol. The summed E-state index contributed by atoms with van der Waals surface area (Å²) in [5.41, 5.74) is 6.02. The van der Waals surface area contributed by atoms with Crippen LogP contribution < -0.4 is 5.73 Å². The lowest BCUT2D eigenvalue weighted by Crippen LogP contribution is -2.38. The summed E-state index contributed by atoms with van der Waals surface area (Å²) < 4.78 is 37.3. The Kier molecular flexibility index (Phi) is 7.61. The summed E-state index contributed by atoms with van der Waals surface area (Å²) >= 11 is 0. The van der Waals surface area contributed by atoms with Crippen LogP contribution in [0.4, 0.5) is 8.78 Å². The number of nitrogens with zero attached hydrogens (tertiary/aromatic N) is 1. The van der Waals surface area contributed by atoms with Gasteiger partial charge in [0.2, 0.25) is 0 Å². The lowest BCUT2D eigenvalue weighted by atomic mass is 10.0. The van der Waals surface area contributed by atoms with Gasteiger partial charge in [-0.25, -0.2) is 8.78 Å². The molecular formula is C14H22F2N2O2. The molecule has 2 N–H and O–H groups in total. The van der Waals surface area contributed by atoms with E-state index in [0.717, 1.165) is 12.1 Å². The molecule has 1 aromatic carbocycles. The molecule has 0 amide bonds. The number of benzene rings is 1. The highest BCUT2D eigenvalue weighted by Gasteiger charge is 2.22. The lowest BCUT2D eigenvalue weighted by Gasteiger charge is -2.31. The molecule has 0 aromatic heterocycles. The van der Waals surface area contributed by atoms with E-state index in [9.17, 15) is 8.78 Å². The molecule has 1 unspecified atom stereocenters. The normalized spacial score (nSPS) is 12.9. The van der Waals surface area contributed by atoms with Gasteiger partial charge in [0.15, 0.2) is 0 Å². The maximum Gasteiger partial charge on any atom is 0.128 e. The molecule has 20 heavy (non-hydrogen) atoms. The zero-order valence-corrected chi connectivity index (χ0v) is 11.9. The Morgan fingerprint density at radius 2 is 1.75 bits per heavy atom. The molecule has 0 radical (unpaired) electrons. The highest BCUT2D eigenvalue weighted by Crippen LogP contribution is 2.23. The largest absolute Gasteiger partial charge is 0.383 e. The SMILES string of the molecule is COCCN(CCOC)C(CN)c1cc(F)ccc1F. The predicted molar refractivity (Wildman–Crippen MR) is 73.5 cm³/mol. The van der Waals surface area contributed by atoms with Gasteiger partial charge in [-0.05, 0) is 18.2 Å². The van der Waals surface area contributed by atoms with Crippen LogP contribution in [-0.4, -0.2) is 52.0 Å². The first kappa shape index (κ1) is 17.0. The molecule has 1 atom stereocenters. The Labute approximate surface area is 118 Å². The van der Waals surface area contributed by atoms with Crippen LogP contribution in [0, 0.1) is 11.6 Å². The molecule has 0 aliphatic carbocycles. The molecule has 0 spiro atoms. The van der Waals surface area contributed by atoms with Crippen molar-refractivity contribution < 1.29 is 18.3 Å². The van der Waals surface area contributed by atoms with Gasteiger partial charge in [-0.3, -0.25) is 4.90 Å². The van der Waals surface area contributed by atoms with E-state index in [2.05, 4.69) is 0 Å². The second-order valence-corrected chi connectivity index (χ2v) is 4.44. The quantitative estimate of drug-likeness (QED) is 0.749. The van der Waals surface area contributed by atoms with Crippen molar-refractivity contribution in [2.75, 3.05) is 47.1 Å². The summed E-state index contributed by atoms with van der Waals surface area (Å²) in [6, 6.07) is 3.01. The van der Waals surface area contributed by atoms with Gasteiger partial charge in [-0.15, -0.1) is 0 Å². The van der Waals surface area contributed by atoms with Crippen LogP contribution in [0.3, 0.4) is 0 Å². The van der Waals surface area contributed by atoms with Crippen LogP contribution in [0.15, 0.2) is 18.2 Å². The summed E-state index contributed by atoms with van der Waals surface area (Å²) in [6.07, 6.45) is 0. The van der Waals surface area contributed by atoms with Gasteiger partial charge in [0, 0.05) is 39.4 Å². The van der Waals surface area contributed by atoms with Crippen molar-refractivity contribution in [1.82, 2.24) is 4.90 Å². The third-order valence-corrected chi connectivity index (χ3v) is 3.15. The van der Waals surface area contributed by atoms with Gasteiger partial charge < -0.3 is 15.2 Å². The fourth-order valence-corrected chi connectivity index (χ4v) is 2.08. The number of nitrogens with two attached hydrogens (primary N) is 1. The van der Waals surface area contributed by atoms with Crippen LogP contribution in [0.25, 0.3) is 0 Å². The minimum absolute atomic E-state index is 0.188. The Morgan fingerprint density at radius 3 is 2.25 bits per heavy atom. The van der Waals surface area contributed by atoms with Crippen molar-refractivity contribution in [3.63, 3.8) is 0 Å². The Hall–Kier alpha value is -1.08. The maximum absolute atomic E-state index is 13.9. The fourth-order valence-electron chi connectivity index (χ4n) is 2.08. The van der Waals surface area contributed by atoms with E-state index in [4.69, 9.17) is 15.2 Å². The molecule has 0 fully saturated rings. The number of ether oxygens (including phenoxy) is 2. The van der Waals surface area contributed by atoms with Crippen molar-refractivity contribution in [2.24, 2.45) is 5.73 Å². The topological polar surface area (TPSA) is 47.7 Å². The Balaban J connectivity index is 2.94. The highest BCUT2D eigenvalue weighted by molar-refractivity contribution is 5.23. The third kappa shape index (κ3) is 4.79. The van der Waals surface area contributed by atoms with Crippen LogP contribution in [0.1, 0.15) is 11.6 Å². The maximum atomic E-state index is 13.9. The van der Waals surface area contributed by atoms with Crippen molar-refractivity contribution >= 4 is 0 Å². The van der Waals surface area contributed by atoms with Crippen LogP contribution >= 0.6 is 0 Å². The van der Waals surface area contributed by atoms with Crippen molar-refractivity contribution in [1.29, 1.82) is 0 Å². The van der Waals surface area contributed by atoms with Crippen molar-refractivity contribution in [3.8, 4) is 0 Å². The average Bonchev–Trinajstić information content (AvgIpc) is 2.45. The van der Waals surface area contributed by atoms with Gasteiger partial charge in [0.05, 0.1) is 19.3 Å². The zero-order chi connectivity index (χ0) is 15.0. The zero-order valence-electron chi connectivity index (χ0n) is 11.9. The molecule has 0 saturated heterocycles. The number of halogens is 2. The number of hydrogen-bond acceptors (Lipinski definition) is 4. The molecule has 6 heteroatoms. The predicted octanol–water partition coefficient (Wildman–Crippen LogP) is 1.56. The molecule has 0 bridgehead atoms. The highest BCUT2D eigenvalue weighted by atomic mass is 19.1. The smallest absolute Gasteiger partial charge is 0.128 e. The lowest BCUT2D eigenvalue weighted by molar-refractivity contribution is 0.0879. The second-order valence-electron chi connectivity index (χ2n) is 4.44. The summed E-state index contributed by atoms with van der Waals surface area (Å²) in [5, 5.41) is 0. The number of rotatable bonds is 9. The van der Waals surface area contributed by atoms with E-state index in [1.807, 2.05) is 4.90 Å². The van der Waals surface area contributed by atoms with E-state index in [1.54, 1.807) is 14.2 Å². The summed E-state index contributed by atoms with van der Waals surface area (Å²) in [6.45, 7) is 2.29. The van der Waals surface area contributed by atoms with E-state index in [-0.39, 0.29) is 12.1 Å². The summed E-state index contributed by atoms with van der Waals surface area (Å²) in [5.74, 6) is -0.931. The first-order valence-corrected chi connectivity index (χ1v) is 6.51. The summed E-state index contributed by atoms with van der Waals surface area (Å²) in [7, 11) is 3.18. The van der Waals surface area contributed by atoms with Gasteiger partial charge in [0.1, 0.15) is 11.6 Å². The van der Waals surface area contributed by atoms with E-state index >= 15 is 0 Å². The van der Waals surface area contributed by atoms with Gasteiger partial charge in [-0.2, -0.15) is 0 Å². The number of hydrogen-bond donors (Lipinski definition) is 1. The van der Waals surface area contributed by atoms with E-state index in [1.165, 1.54) is 6.07 Å². The first-order valence-electron chi connectivity index (χ1n) is 6.51. The van der Waals surface area contributed by atoms with Crippen LogP contribution in [0.2, 0.25) is 0 Å². The monoisotopic (exact) mass is 288 g/mol. The fraction of sp³-hybridized carbons (Fsp3) is 0.571. The molecule has 0 aliphatic rings. The Bertz CT molecular complexity index is 397. The number of methoxy groups -OCH3 is 2. The molecule has 0 heterocycles. The third-order valence-electron chi connectivity index (χ3n) is 3.15. The summed E-state index contributed by atoms with van der Waals surface area (Å²) in [4.78, 5) is 1.94. The molecule has 1 rings (SSSR count). The molecule has 0 saturated carbocycles. The van der Waals surface area contributed by atoms with Gasteiger partial charge >= 0.3 is 0 Å². The first-order chi connectivity index (χ1) is 9.63. The van der Waals surface area contributed by atoms with Gasteiger partial charge in [0.25, 0.3) is 0 Å². The van der Waals surface area contributed by atoms with E-state index < -0.39 is 17.7 Å². The van der Waals surface area contributed by atoms with Gasteiger partial charge in [-0.1, -0.05) is 0 Å². The average molecular weight is 288 g/mol.